The largest absolute Gasteiger partial charge is 0.477 e. The van der Waals surface area contributed by atoms with Crippen LogP contribution in [0, 0.1) is 0 Å². The third-order valence-corrected chi connectivity index (χ3v) is 6.27. The number of hydrogen-bond donors (Lipinski definition) is 4. The summed E-state index contributed by atoms with van der Waals surface area (Å²) in [5.74, 6) is -2.41. The van der Waals surface area contributed by atoms with Gasteiger partial charge in [0.2, 0.25) is 5.91 Å². The number of amides is 2. The molecule has 2 aliphatic heterocycles. The maximum absolute atomic E-state index is 13.0. The Morgan fingerprint density at radius 2 is 2.14 bits per heavy atom. The number of thiocarbonyl (C=S) groups is 1. The topological polar surface area (TPSA) is 128 Å². The van der Waals surface area contributed by atoms with Crippen LogP contribution in [0.2, 0.25) is 0 Å². The number of carboxylic acid groups (broad SMARTS) is 1. The second-order valence-electron chi connectivity index (χ2n) is 6.31. The summed E-state index contributed by atoms with van der Waals surface area (Å²) in [6, 6.07) is 7.94. The van der Waals surface area contributed by atoms with E-state index in [0.29, 0.717) is 5.56 Å². The van der Waals surface area contributed by atoms with Crippen LogP contribution in [-0.4, -0.2) is 69.0 Å². The monoisotopic (exact) mass is 437 g/mol. The second-order valence-corrected chi connectivity index (χ2v) is 7.62. The van der Waals surface area contributed by atoms with Gasteiger partial charge in [0.1, 0.15) is 17.1 Å². The summed E-state index contributed by atoms with van der Waals surface area (Å²) in [5, 5.41) is 23.5. The predicted molar refractivity (Wildman–Crippen MR) is 109 cm³/mol. The van der Waals surface area contributed by atoms with Crippen molar-refractivity contribution in [2.24, 2.45) is 0 Å². The molecule has 0 bridgehead atoms. The molecule has 2 heterocycles. The van der Waals surface area contributed by atoms with E-state index in [1.54, 1.807) is 30.3 Å². The van der Waals surface area contributed by atoms with Gasteiger partial charge in [-0.2, -0.15) is 0 Å². The van der Waals surface area contributed by atoms with E-state index < -0.39 is 41.5 Å². The van der Waals surface area contributed by atoms with Crippen LogP contribution in [0.15, 0.2) is 41.6 Å². The minimum absolute atomic E-state index is 0.188. The molecule has 0 radical (unpaired) electrons. The fourth-order valence-corrected chi connectivity index (χ4v) is 4.92. The van der Waals surface area contributed by atoms with Crippen molar-refractivity contribution in [3.05, 3.63) is 47.2 Å². The Balaban J connectivity index is 1.89. The predicted octanol–water partition coefficient (Wildman–Crippen LogP) is -0.0205. The molecule has 1 saturated heterocycles. The highest BCUT2D eigenvalue weighted by atomic mass is 32.2. The molecular formula is C18H19N3O6S2. The number of aliphatic hydroxyl groups is 1. The summed E-state index contributed by atoms with van der Waals surface area (Å²) in [7, 11) is 1.27. The van der Waals surface area contributed by atoms with E-state index in [0.717, 1.165) is 4.90 Å². The van der Waals surface area contributed by atoms with Crippen molar-refractivity contribution >= 4 is 47.3 Å². The van der Waals surface area contributed by atoms with Gasteiger partial charge in [-0.25, -0.2) is 4.79 Å². The Hall–Kier alpha value is -2.47. The van der Waals surface area contributed by atoms with E-state index in [1.807, 2.05) is 0 Å². The molecule has 0 aromatic heterocycles. The molecule has 29 heavy (non-hydrogen) atoms. The molecule has 2 aliphatic rings. The van der Waals surface area contributed by atoms with Gasteiger partial charge in [0, 0.05) is 12.9 Å². The Morgan fingerprint density at radius 3 is 2.69 bits per heavy atom. The number of ether oxygens (including phenoxy) is 1. The van der Waals surface area contributed by atoms with E-state index >= 15 is 0 Å². The summed E-state index contributed by atoms with van der Waals surface area (Å²) < 4.78 is 5.40. The van der Waals surface area contributed by atoms with Gasteiger partial charge >= 0.3 is 5.97 Å². The molecule has 154 valence electrons. The minimum Gasteiger partial charge on any atom is -0.477 e. The van der Waals surface area contributed by atoms with E-state index in [-0.39, 0.29) is 17.0 Å². The molecule has 3 rings (SSSR count). The van der Waals surface area contributed by atoms with Crippen molar-refractivity contribution in [3.63, 3.8) is 0 Å². The third-order valence-electron chi connectivity index (χ3n) is 4.76. The summed E-state index contributed by atoms with van der Waals surface area (Å²) in [4.78, 5) is 38.6. The first-order valence-corrected chi connectivity index (χ1v) is 10.1. The first-order chi connectivity index (χ1) is 13.9. The average molecular weight is 437 g/mol. The van der Waals surface area contributed by atoms with Gasteiger partial charge in [-0.1, -0.05) is 42.5 Å². The van der Waals surface area contributed by atoms with E-state index in [9.17, 15) is 24.6 Å². The highest BCUT2D eigenvalue weighted by Gasteiger charge is 2.66. The number of fused-ring (bicyclic) bond motifs is 1. The van der Waals surface area contributed by atoms with E-state index in [2.05, 4.69) is 10.6 Å². The number of thioether (sulfide) groups is 1. The maximum Gasteiger partial charge on any atom is 0.352 e. The van der Waals surface area contributed by atoms with Crippen molar-refractivity contribution in [3.8, 4) is 0 Å². The molecule has 3 atom stereocenters. The van der Waals surface area contributed by atoms with Gasteiger partial charge in [-0.3, -0.25) is 14.5 Å². The number of carbonyl (C=O) groups is 3. The number of aliphatic carboxylic acids is 1. The number of carbonyl (C=O) groups excluding carboxylic acids is 2. The summed E-state index contributed by atoms with van der Waals surface area (Å²) in [5.41, 5.74) is 0.0674. The Morgan fingerprint density at radius 1 is 1.45 bits per heavy atom. The third kappa shape index (κ3) is 3.50. The average Bonchev–Trinajstić information content (AvgIpc) is 2.74. The van der Waals surface area contributed by atoms with Crippen molar-refractivity contribution in [1.82, 2.24) is 15.5 Å². The number of β-lactam (4-membered cyclic amide) rings is 1. The normalized spacial score (nSPS) is 24.3. The van der Waals surface area contributed by atoms with Crippen LogP contribution in [0.25, 0.3) is 0 Å². The molecule has 0 aliphatic carbocycles. The van der Waals surface area contributed by atoms with Gasteiger partial charge in [0.25, 0.3) is 11.6 Å². The molecule has 4 N–H and O–H groups in total. The van der Waals surface area contributed by atoms with Gasteiger partial charge in [0.05, 0.1) is 12.1 Å². The lowest BCUT2D eigenvalue weighted by Crippen LogP contribution is -2.81. The number of carboxylic acids is 1. The highest BCUT2D eigenvalue weighted by molar-refractivity contribution is 8.00. The van der Waals surface area contributed by atoms with Crippen molar-refractivity contribution in [1.29, 1.82) is 0 Å². The summed E-state index contributed by atoms with van der Waals surface area (Å²) in [6.07, 6.45) is 0. The number of nitrogens with one attached hydrogen (secondary N) is 2. The molecule has 9 nitrogen and oxygen atoms in total. The van der Waals surface area contributed by atoms with Gasteiger partial charge in [-0.15, -0.1) is 11.8 Å². The lowest BCUT2D eigenvalue weighted by molar-refractivity contribution is -0.193. The number of rotatable bonds is 8. The lowest BCUT2D eigenvalue weighted by Gasteiger charge is -2.55. The summed E-state index contributed by atoms with van der Waals surface area (Å²) >= 11 is 6.02. The molecule has 1 fully saturated rings. The highest BCUT2D eigenvalue weighted by Crippen LogP contribution is 2.46. The smallest absolute Gasteiger partial charge is 0.352 e. The number of methoxy groups -OCH3 is 1. The quantitative estimate of drug-likeness (QED) is 0.252. The molecule has 1 aromatic carbocycles. The zero-order valence-electron chi connectivity index (χ0n) is 15.3. The van der Waals surface area contributed by atoms with Crippen LogP contribution in [0.4, 0.5) is 0 Å². The number of benzene rings is 1. The van der Waals surface area contributed by atoms with Gasteiger partial charge < -0.3 is 25.6 Å². The van der Waals surface area contributed by atoms with Crippen LogP contribution in [0.1, 0.15) is 11.6 Å². The SMILES string of the molecule is CO[C@@]1(NC(=O)C(NC=S)c2ccccc2)C(=O)N2C(C(=O)O)=C(CO)CSC21. The minimum atomic E-state index is -1.72. The fraction of sp³-hybridized carbons (Fsp3) is 0.333. The van der Waals surface area contributed by atoms with Gasteiger partial charge in [0.15, 0.2) is 0 Å². The molecule has 0 spiro atoms. The summed E-state index contributed by atoms with van der Waals surface area (Å²) in [6.45, 7) is -0.480. The maximum atomic E-state index is 13.0. The van der Waals surface area contributed by atoms with E-state index in [4.69, 9.17) is 17.0 Å². The molecular weight excluding hydrogens is 418 g/mol. The first kappa shape index (κ1) is 21.2. The molecule has 2 amide bonds. The molecule has 11 heteroatoms. The van der Waals surface area contributed by atoms with Crippen LogP contribution in [0.3, 0.4) is 0 Å². The zero-order chi connectivity index (χ0) is 21.2. The second kappa shape index (κ2) is 8.49. The number of hydrogen-bond acceptors (Lipinski definition) is 7. The van der Waals surface area contributed by atoms with Crippen molar-refractivity contribution in [2.45, 2.75) is 17.1 Å². The van der Waals surface area contributed by atoms with Crippen LogP contribution >= 0.6 is 24.0 Å². The Labute approximate surface area is 176 Å². The zero-order valence-corrected chi connectivity index (χ0v) is 17.0. The van der Waals surface area contributed by atoms with Gasteiger partial charge in [-0.05, 0) is 11.1 Å². The Bertz CT molecular complexity index is 878. The standard InChI is InChI=1S/C18H19N3O6S2/c1-27-18(20-14(23)12(19-9-28)10-5-3-2-4-6-10)16(26)21-13(15(24)25)11(7-22)8-29-17(18)21/h2-6,9,12,17,22H,7-8H2,1H3,(H,19,28)(H,20,23)(H,24,25)/t12?,17?,18-/m0/s1. The van der Waals surface area contributed by atoms with E-state index in [1.165, 1.54) is 24.4 Å². The number of nitrogens with zero attached hydrogens (tertiary/aromatic N) is 1. The Kier molecular flexibility index (Phi) is 6.22. The van der Waals surface area contributed by atoms with Crippen LogP contribution < -0.4 is 10.6 Å². The first-order valence-electron chi connectivity index (χ1n) is 8.54. The van der Waals surface area contributed by atoms with Crippen molar-refractivity contribution in [2.75, 3.05) is 19.5 Å². The molecule has 0 saturated carbocycles. The lowest BCUT2D eigenvalue weighted by atomic mass is 9.97. The fourth-order valence-electron chi connectivity index (χ4n) is 3.36. The molecule has 1 aromatic rings. The van der Waals surface area contributed by atoms with Crippen LogP contribution in [-0.2, 0) is 19.1 Å². The van der Waals surface area contributed by atoms with Crippen molar-refractivity contribution < 1.29 is 29.3 Å². The molecule has 2 unspecified atom stereocenters. The number of aliphatic hydroxyl groups excluding tert-OH is 1. The van der Waals surface area contributed by atoms with Crippen LogP contribution in [0.5, 0.6) is 0 Å².